The maximum atomic E-state index is 12.1. The number of hydrogen-bond donors (Lipinski definition) is 2. The molecule has 0 radical (unpaired) electrons. The molecule has 3 aromatic rings. The second-order valence-electron chi connectivity index (χ2n) is 5.34. The van der Waals surface area contributed by atoms with Crippen LogP contribution in [-0.4, -0.2) is 42.4 Å². The summed E-state index contributed by atoms with van der Waals surface area (Å²) in [7, 11) is 2.87. The van der Waals surface area contributed by atoms with E-state index >= 15 is 0 Å². The number of aromatic nitrogens is 2. The van der Waals surface area contributed by atoms with Crippen molar-refractivity contribution < 1.29 is 19.1 Å². The topological polar surface area (TPSA) is 94.5 Å². The van der Waals surface area contributed by atoms with Crippen molar-refractivity contribution in [3.8, 4) is 10.7 Å². The molecule has 0 bridgehead atoms. The van der Waals surface area contributed by atoms with Gasteiger partial charge in [-0.15, -0.1) is 11.3 Å². The molecule has 2 amide bonds. The van der Waals surface area contributed by atoms with Crippen molar-refractivity contribution in [1.29, 1.82) is 0 Å². The number of carbonyl (C=O) groups is 2. The SMILES string of the molecule is COCCn1c(-c2nc(C(=O)NNC(=O)OC)cs2)cc2ccccc21. The third-order valence-electron chi connectivity index (χ3n) is 3.75. The Morgan fingerprint density at radius 3 is 2.81 bits per heavy atom. The van der Waals surface area contributed by atoms with Gasteiger partial charge in [-0.2, -0.15) is 0 Å². The summed E-state index contributed by atoms with van der Waals surface area (Å²) >= 11 is 1.36. The Morgan fingerprint density at radius 2 is 2.04 bits per heavy atom. The molecule has 0 aliphatic carbocycles. The van der Waals surface area contributed by atoms with Crippen molar-refractivity contribution in [1.82, 2.24) is 20.4 Å². The van der Waals surface area contributed by atoms with Crippen LogP contribution in [0.4, 0.5) is 4.79 Å². The van der Waals surface area contributed by atoms with Gasteiger partial charge in [0.25, 0.3) is 5.91 Å². The fourth-order valence-electron chi connectivity index (χ4n) is 2.53. The van der Waals surface area contributed by atoms with E-state index in [4.69, 9.17) is 4.74 Å². The van der Waals surface area contributed by atoms with Gasteiger partial charge in [-0.3, -0.25) is 10.2 Å². The number of para-hydroxylation sites is 1. The lowest BCUT2D eigenvalue weighted by Gasteiger charge is -2.08. The van der Waals surface area contributed by atoms with Gasteiger partial charge in [0.2, 0.25) is 0 Å². The predicted octanol–water partition coefficient (Wildman–Crippen LogP) is 2.41. The van der Waals surface area contributed by atoms with Crippen LogP contribution in [0, 0.1) is 0 Å². The minimum atomic E-state index is -0.756. The molecule has 0 aliphatic rings. The number of hydrogen-bond acceptors (Lipinski definition) is 6. The van der Waals surface area contributed by atoms with Gasteiger partial charge in [0.05, 0.1) is 19.4 Å². The van der Waals surface area contributed by atoms with Crippen molar-refractivity contribution in [3.63, 3.8) is 0 Å². The van der Waals surface area contributed by atoms with Crippen molar-refractivity contribution >= 4 is 34.2 Å². The van der Waals surface area contributed by atoms with Crippen LogP contribution in [0.2, 0.25) is 0 Å². The average Bonchev–Trinajstić information content (AvgIpc) is 3.28. The fourth-order valence-corrected chi connectivity index (χ4v) is 3.35. The standard InChI is InChI=1S/C17H18N4O4S/c1-24-8-7-21-13-6-4-3-5-11(13)9-14(21)16-18-12(10-26-16)15(22)19-20-17(23)25-2/h3-6,9-10H,7-8H2,1-2H3,(H,19,22)(H,20,23). The molecule has 0 atom stereocenters. The summed E-state index contributed by atoms with van der Waals surface area (Å²) in [6.07, 6.45) is -0.756. The summed E-state index contributed by atoms with van der Waals surface area (Å²) in [5, 5.41) is 3.44. The highest BCUT2D eigenvalue weighted by Crippen LogP contribution is 2.30. The number of ether oxygens (including phenoxy) is 2. The van der Waals surface area contributed by atoms with E-state index in [1.54, 1.807) is 12.5 Å². The number of fused-ring (bicyclic) bond motifs is 1. The van der Waals surface area contributed by atoms with E-state index in [0.717, 1.165) is 16.6 Å². The van der Waals surface area contributed by atoms with Crippen LogP contribution in [-0.2, 0) is 16.0 Å². The molecular formula is C17H18N4O4S. The number of rotatable bonds is 5. The van der Waals surface area contributed by atoms with Crippen LogP contribution < -0.4 is 10.9 Å². The molecule has 8 nitrogen and oxygen atoms in total. The first-order chi connectivity index (χ1) is 12.6. The summed E-state index contributed by atoms with van der Waals surface area (Å²) < 4.78 is 11.7. The number of carbonyl (C=O) groups excluding carboxylic acids is 2. The highest BCUT2D eigenvalue weighted by molar-refractivity contribution is 7.13. The Labute approximate surface area is 153 Å². The Kier molecular flexibility index (Phi) is 5.49. The normalized spacial score (nSPS) is 10.7. The van der Waals surface area contributed by atoms with Gasteiger partial charge in [-0.25, -0.2) is 15.2 Å². The molecule has 0 saturated heterocycles. The van der Waals surface area contributed by atoms with Gasteiger partial charge < -0.3 is 14.0 Å². The maximum Gasteiger partial charge on any atom is 0.425 e. The highest BCUT2D eigenvalue weighted by atomic mass is 32.1. The van der Waals surface area contributed by atoms with Gasteiger partial charge in [0, 0.05) is 29.9 Å². The van der Waals surface area contributed by atoms with Gasteiger partial charge in [0.15, 0.2) is 0 Å². The monoisotopic (exact) mass is 374 g/mol. The van der Waals surface area contributed by atoms with Crippen LogP contribution in [0.5, 0.6) is 0 Å². The van der Waals surface area contributed by atoms with Crippen LogP contribution in [0.15, 0.2) is 35.7 Å². The summed E-state index contributed by atoms with van der Waals surface area (Å²) in [6, 6.07) is 10.1. The quantitative estimate of drug-likeness (QED) is 0.669. The zero-order valence-corrected chi connectivity index (χ0v) is 15.1. The third kappa shape index (κ3) is 3.68. The van der Waals surface area contributed by atoms with Gasteiger partial charge >= 0.3 is 6.09 Å². The number of nitrogens with zero attached hydrogens (tertiary/aromatic N) is 2. The number of methoxy groups -OCH3 is 2. The smallest absolute Gasteiger partial charge is 0.425 e. The van der Waals surface area contributed by atoms with Crippen LogP contribution in [0.3, 0.4) is 0 Å². The zero-order chi connectivity index (χ0) is 18.5. The van der Waals surface area contributed by atoms with Crippen LogP contribution >= 0.6 is 11.3 Å². The lowest BCUT2D eigenvalue weighted by molar-refractivity contribution is 0.0916. The molecular weight excluding hydrogens is 356 g/mol. The predicted molar refractivity (Wildman–Crippen MR) is 97.9 cm³/mol. The molecule has 1 aromatic carbocycles. The van der Waals surface area contributed by atoms with Gasteiger partial charge in [0.1, 0.15) is 10.7 Å². The molecule has 0 saturated carbocycles. The third-order valence-corrected chi connectivity index (χ3v) is 4.61. The first-order valence-corrected chi connectivity index (χ1v) is 8.69. The van der Waals surface area contributed by atoms with E-state index in [0.29, 0.717) is 18.2 Å². The second-order valence-corrected chi connectivity index (χ2v) is 6.20. The lowest BCUT2D eigenvalue weighted by atomic mass is 10.2. The van der Waals surface area contributed by atoms with Crippen molar-refractivity contribution in [2.24, 2.45) is 0 Å². The Morgan fingerprint density at radius 1 is 1.23 bits per heavy atom. The van der Waals surface area contributed by atoms with E-state index in [2.05, 4.69) is 25.1 Å². The second kappa shape index (κ2) is 7.98. The minimum Gasteiger partial charge on any atom is -0.452 e. The molecule has 3 rings (SSSR count). The molecule has 0 spiro atoms. The number of thiazole rings is 1. The van der Waals surface area contributed by atoms with Crippen LogP contribution in [0.1, 0.15) is 10.5 Å². The van der Waals surface area contributed by atoms with Gasteiger partial charge in [-0.05, 0) is 12.1 Å². The van der Waals surface area contributed by atoms with E-state index in [-0.39, 0.29) is 5.69 Å². The summed E-state index contributed by atoms with van der Waals surface area (Å²) in [5.74, 6) is -0.516. The number of amides is 2. The average molecular weight is 374 g/mol. The molecule has 2 aromatic heterocycles. The molecule has 26 heavy (non-hydrogen) atoms. The maximum absolute atomic E-state index is 12.1. The molecule has 2 N–H and O–H groups in total. The van der Waals surface area contributed by atoms with Gasteiger partial charge in [-0.1, -0.05) is 18.2 Å². The zero-order valence-electron chi connectivity index (χ0n) is 14.3. The molecule has 2 heterocycles. The molecule has 136 valence electrons. The van der Waals surface area contributed by atoms with Crippen LogP contribution in [0.25, 0.3) is 21.6 Å². The largest absolute Gasteiger partial charge is 0.452 e. The molecule has 9 heteroatoms. The van der Waals surface area contributed by atoms with E-state index < -0.39 is 12.0 Å². The summed E-state index contributed by atoms with van der Waals surface area (Å²) in [5.41, 5.74) is 6.57. The lowest BCUT2D eigenvalue weighted by Crippen LogP contribution is -2.41. The van der Waals surface area contributed by atoms with Crippen molar-refractivity contribution in [2.75, 3.05) is 20.8 Å². The fraction of sp³-hybridized carbons (Fsp3) is 0.235. The minimum absolute atomic E-state index is 0.213. The summed E-state index contributed by atoms with van der Waals surface area (Å²) in [6.45, 7) is 1.23. The Bertz CT molecular complexity index is 934. The van der Waals surface area contributed by atoms with E-state index in [9.17, 15) is 9.59 Å². The highest BCUT2D eigenvalue weighted by Gasteiger charge is 2.17. The molecule has 0 unspecified atom stereocenters. The van der Waals surface area contributed by atoms with E-state index in [1.807, 2.05) is 30.3 Å². The Balaban J connectivity index is 1.88. The Hall–Kier alpha value is -2.91. The van der Waals surface area contributed by atoms with Crippen molar-refractivity contribution in [2.45, 2.75) is 6.54 Å². The first kappa shape index (κ1) is 17.9. The molecule has 0 fully saturated rings. The molecule has 0 aliphatic heterocycles. The van der Waals surface area contributed by atoms with E-state index in [1.165, 1.54) is 18.4 Å². The number of benzene rings is 1. The number of nitrogens with one attached hydrogen (secondary N) is 2. The number of hydrazine groups is 1. The summed E-state index contributed by atoms with van der Waals surface area (Å²) in [4.78, 5) is 27.5. The first-order valence-electron chi connectivity index (χ1n) is 7.81. The van der Waals surface area contributed by atoms with Crippen molar-refractivity contribution in [3.05, 3.63) is 41.4 Å².